The van der Waals surface area contributed by atoms with Gasteiger partial charge in [-0.05, 0) is 56.8 Å². The van der Waals surface area contributed by atoms with Gasteiger partial charge >= 0.3 is 0 Å². The van der Waals surface area contributed by atoms with E-state index >= 15 is 0 Å². The van der Waals surface area contributed by atoms with Crippen LogP contribution in [0.25, 0.3) is 21.9 Å². The quantitative estimate of drug-likeness (QED) is 0.232. The van der Waals surface area contributed by atoms with Gasteiger partial charge in [-0.1, -0.05) is 108 Å². The third kappa shape index (κ3) is 2.13. The van der Waals surface area contributed by atoms with E-state index in [1.54, 1.807) is 0 Å². The molecule has 0 N–H and O–H groups in total. The van der Waals surface area contributed by atoms with Gasteiger partial charge in [0.1, 0.15) is 0 Å². The fraction of sp³-hybridized carbons (Fsp3) is 0.0345. The molecule has 1 heterocycles. The summed E-state index contributed by atoms with van der Waals surface area (Å²) >= 11 is 8.82. The van der Waals surface area contributed by atoms with Crippen molar-refractivity contribution < 1.29 is 0 Å². The molecule has 0 fully saturated rings. The Morgan fingerprint density at radius 3 is 1.90 bits per heavy atom. The first-order valence-corrected chi connectivity index (χ1v) is 11.7. The van der Waals surface area contributed by atoms with Crippen molar-refractivity contribution in [1.29, 1.82) is 0 Å². The van der Waals surface area contributed by atoms with E-state index in [0.717, 1.165) is 5.02 Å². The molecule has 0 atom stereocenters. The highest BCUT2D eigenvalue weighted by Crippen LogP contribution is 2.63. The van der Waals surface area contributed by atoms with E-state index in [-0.39, 0.29) is 5.41 Å². The van der Waals surface area contributed by atoms with Crippen LogP contribution in [0.1, 0.15) is 22.3 Å². The molecule has 1 aliphatic heterocycles. The lowest BCUT2D eigenvalue weighted by molar-refractivity contribution is 0.723. The molecule has 0 saturated heterocycles. The second-order valence-electron chi connectivity index (χ2n) is 8.22. The van der Waals surface area contributed by atoms with Crippen LogP contribution < -0.4 is 0 Å². The van der Waals surface area contributed by atoms with Crippen molar-refractivity contribution in [1.82, 2.24) is 0 Å². The van der Waals surface area contributed by atoms with Gasteiger partial charge in [-0.15, -0.1) is 0 Å². The van der Waals surface area contributed by atoms with E-state index in [9.17, 15) is 0 Å². The fourth-order valence-electron chi connectivity index (χ4n) is 5.66. The van der Waals surface area contributed by atoms with Crippen LogP contribution in [0.3, 0.4) is 0 Å². The maximum absolute atomic E-state index is 6.95. The van der Waals surface area contributed by atoms with Crippen LogP contribution in [-0.4, -0.2) is 0 Å². The molecule has 146 valence electrons. The molecular formula is C29H17ClS. The molecule has 5 aromatic rings. The van der Waals surface area contributed by atoms with E-state index in [4.69, 9.17) is 11.6 Å². The zero-order chi connectivity index (χ0) is 20.6. The number of hydrogen-bond donors (Lipinski definition) is 0. The van der Waals surface area contributed by atoms with Crippen LogP contribution in [0.2, 0.25) is 5.02 Å². The van der Waals surface area contributed by atoms with Crippen molar-refractivity contribution in [3.8, 4) is 11.1 Å². The van der Waals surface area contributed by atoms with Crippen LogP contribution >= 0.6 is 23.4 Å². The van der Waals surface area contributed by atoms with Gasteiger partial charge in [0, 0.05) is 20.4 Å². The third-order valence-corrected chi connectivity index (χ3v) is 8.27. The van der Waals surface area contributed by atoms with Crippen LogP contribution in [0.4, 0.5) is 0 Å². The Kier molecular flexibility index (Phi) is 3.57. The van der Waals surface area contributed by atoms with Crippen molar-refractivity contribution in [2.24, 2.45) is 0 Å². The summed E-state index contributed by atoms with van der Waals surface area (Å²) in [6, 6.07) is 37.4. The molecule has 0 nitrogen and oxygen atoms in total. The number of halogens is 1. The highest BCUT2D eigenvalue weighted by molar-refractivity contribution is 7.99. The number of hydrogen-bond acceptors (Lipinski definition) is 1. The van der Waals surface area contributed by atoms with Gasteiger partial charge < -0.3 is 0 Å². The Morgan fingerprint density at radius 2 is 1.13 bits per heavy atom. The predicted molar refractivity (Wildman–Crippen MR) is 130 cm³/mol. The third-order valence-electron chi connectivity index (χ3n) is 6.80. The predicted octanol–water partition coefficient (Wildman–Crippen LogP) is 8.32. The lowest BCUT2D eigenvalue weighted by Gasteiger charge is -2.39. The Balaban J connectivity index is 1.76. The maximum atomic E-state index is 6.95. The van der Waals surface area contributed by atoms with E-state index in [0.29, 0.717) is 0 Å². The molecule has 7 rings (SSSR count). The Labute approximate surface area is 190 Å². The smallest absolute Gasteiger partial charge is 0.0736 e. The van der Waals surface area contributed by atoms with E-state index in [1.807, 2.05) is 17.8 Å². The van der Waals surface area contributed by atoms with Crippen molar-refractivity contribution in [2.75, 3.05) is 0 Å². The molecule has 31 heavy (non-hydrogen) atoms. The largest absolute Gasteiger partial charge is 0.0894 e. The van der Waals surface area contributed by atoms with Gasteiger partial charge in [-0.3, -0.25) is 0 Å². The molecule has 0 unspecified atom stereocenters. The topological polar surface area (TPSA) is 0 Å². The zero-order valence-electron chi connectivity index (χ0n) is 16.6. The maximum Gasteiger partial charge on any atom is 0.0736 e. The summed E-state index contributed by atoms with van der Waals surface area (Å²) < 4.78 is 0. The average molecular weight is 433 g/mol. The summed E-state index contributed by atoms with van der Waals surface area (Å²) in [5.41, 5.74) is 7.38. The molecule has 0 amide bonds. The average Bonchev–Trinajstić information content (AvgIpc) is 3.12. The lowest BCUT2D eigenvalue weighted by atomic mass is 9.67. The molecular weight excluding hydrogens is 416 g/mol. The lowest BCUT2D eigenvalue weighted by Crippen LogP contribution is -2.31. The zero-order valence-corrected chi connectivity index (χ0v) is 18.2. The minimum absolute atomic E-state index is 0.363. The molecule has 2 aliphatic rings. The molecule has 0 bridgehead atoms. The first-order chi connectivity index (χ1) is 15.3. The van der Waals surface area contributed by atoms with Crippen LogP contribution in [0.15, 0.2) is 113 Å². The Hall–Kier alpha value is -3.00. The number of benzene rings is 5. The first-order valence-electron chi connectivity index (χ1n) is 10.5. The Morgan fingerprint density at radius 1 is 0.516 bits per heavy atom. The minimum atomic E-state index is -0.363. The van der Waals surface area contributed by atoms with Crippen LogP contribution in [0.5, 0.6) is 0 Å². The molecule has 0 aromatic heterocycles. The van der Waals surface area contributed by atoms with E-state index < -0.39 is 0 Å². The van der Waals surface area contributed by atoms with Crippen molar-refractivity contribution in [3.05, 3.63) is 130 Å². The number of fused-ring (bicyclic) bond motifs is 11. The minimum Gasteiger partial charge on any atom is -0.0894 e. The van der Waals surface area contributed by atoms with Gasteiger partial charge in [0.05, 0.1) is 5.41 Å². The molecule has 0 radical (unpaired) electrons. The van der Waals surface area contributed by atoms with Crippen LogP contribution in [0, 0.1) is 0 Å². The molecule has 2 heteroatoms. The summed E-state index contributed by atoms with van der Waals surface area (Å²) in [6.45, 7) is 0. The fourth-order valence-corrected chi connectivity index (χ4v) is 7.13. The van der Waals surface area contributed by atoms with Crippen molar-refractivity contribution in [3.63, 3.8) is 0 Å². The first kappa shape index (κ1) is 17.7. The van der Waals surface area contributed by atoms with Gasteiger partial charge in [0.2, 0.25) is 0 Å². The van der Waals surface area contributed by atoms with Crippen LogP contribution in [-0.2, 0) is 5.41 Å². The van der Waals surface area contributed by atoms with E-state index in [1.165, 1.54) is 53.9 Å². The van der Waals surface area contributed by atoms with Gasteiger partial charge in [-0.25, -0.2) is 0 Å². The Bertz CT molecular complexity index is 1490. The van der Waals surface area contributed by atoms with Gasteiger partial charge in [-0.2, -0.15) is 0 Å². The normalized spacial score (nSPS) is 14.7. The summed E-state index contributed by atoms with van der Waals surface area (Å²) in [4.78, 5) is 2.63. The summed E-state index contributed by atoms with van der Waals surface area (Å²) in [5, 5.41) is 3.33. The molecule has 1 aliphatic carbocycles. The molecule has 1 spiro atoms. The standard InChI is InChI=1S/C29H17ClS/c30-24-13-7-12-22-28(24)27-19-9-2-1-8-18(19)16-17-23(27)29(22)20-10-3-5-14-25(20)31-26-15-6-4-11-21(26)29/h1-17H. The second kappa shape index (κ2) is 6.26. The summed E-state index contributed by atoms with van der Waals surface area (Å²) in [6.07, 6.45) is 0. The molecule has 5 aromatic carbocycles. The highest BCUT2D eigenvalue weighted by atomic mass is 35.5. The van der Waals surface area contributed by atoms with Crippen molar-refractivity contribution >= 4 is 34.1 Å². The number of rotatable bonds is 0. The summed E-state index contributed by atoms with van der Waals surface area (Å²) in [5.74, 6) is 0. The van der Waals surface area contributed by atoms with E-state index in [2.05, 4.69) is 97.1 Å². The summed E-state index contributed by atoms with van der Waals surface area (Å²) in [7, 11) is 0. The monoisotopic (exact) mass is 432 g/mol. The second-order valence-corrected chi connectivity index (χ2v) is 9.71. The molecule has 0 saturated carbocycles. The van der Waals surface area contributed by atoms with Crippen molar-refractivity contribution in [2.45, 2.75) is 15.2 Å². The van der Waals surface area contributed by atoms with Gasteiger partial charge in [0.15, 0.2) is 0 Å². The SMILES string of the molecule is Clc1cccc2c1-c1c(ccc3ccccc13)C21c2ccccc2Sc2ccccc21. The highest BCUT2D eigenvalue weighted by Gasteiger charge is 2.51. The van der Waals surface area contributed by atoms with Gasteiger partial charge in [0.25, 0.3) is 0 Å².